The second kappa shape index (κ2) is 9.18. The van der Waals surface area contributed by atoms with E-state index >= 15 is 0 Å². The zero-order valence-electron chi connectivity index (χ0n) is 18.0. The fourth-order valence-electron chi connectivity index (χ4n) is 4.09. The number of hydrogen-bond donors (Lipinski definition) is 0. The van der Waals surface area contributed by atoms with Crippen LogP contribution in [0.5, 0.6) is 0 Å². The Balaban J connectivity index is 1.12. The maximum atomic E-state index is 13.1. The molecule has 1 saturated heterocycles. The number of nitrogens with zero attached hydrogens (tertiary/aromatic N) is 5. The molecule has 0 atom stereocenters. The van der Waals surface area contributed by atoms with Crippen LogP contribution in [0.4, 0.5) is 0 Å². The molecule has 1 aliphatic rings. The first-order valence-electron chi connectivity index (χ1n) is 10.9. The Morgan fingerprint density at radius 3 is 2.75 bits per heavy atom. The van der Waals surface area contributed by atoms with Crippen LogP contribution in [0.25, 0.3) is 21.6 Å². The smallest absolute Gasteiger partial charge is 0.255 e. The lowest BCUT2D eigenvalue weighted by atomic mass is 10.1. The fraction of sp³-hybridized carbons (Fsp3) is 0.333. The molecule has 1 fully saturated rings. The van der Waals surface area contributed by atoms with Crippen LogP contribution in [0.15, 0.2) is 52.4 Å². The highest BCUT2D eigenvalue weighted by Crippen LogP contribution is 2.22. The minimum Gasteiger partial charge on any atom is -0.339 e. The summed E-state index contributed by atoms with van der Waals surface area (Å²) in [7, 11) is 0. The number of piperazine rings is 1. The van der Waals surface area contributed by atoms with Crippen LogP contribution in [0.3, 0.4) is 0 Å². The molecule has 1 aliphatic heterocycles. The maximum Gasteiger partial charge on any atom is 0.255 e. The molecule has 0 N–H and O–H groups in total. The van der Waals surface area contributed by atoms with E-state index in [4.69, 9.17) is 4.52 Å². The van der Waals surface area contributed by atoms with E-state index in [1.54, 1.807) is 11.3 Å². The number of benzene rings is 1. The van der Waals surface area contributed by atoms with Gasteiger partial charge in [-0.1, -0.05) is 29.4 Å². The third-order valence-electron chi connectivity index (χ3n) is 5.88. The molecule has 0 unspecified atom stereocenters. The molecule has 0 spiro atoms. The van der Waals surface area contributed by atoms with Crippen LogP contribution in [0, 0.1) is 6.92 Å². The molecule has 4 heterocycles. The van der Waals surface area contributed by atoms with Crippen molar-refractivity contribution in [3.05, 3.63) is 65.0 Å². The summed E-state index contributed by atoms with van der Waals surface area (Å²) in [6, 6.07) is 13.9. The van der Waals surface area contributed by atoms with Gasteiger partial charge in [-0.25, -0.2) is 0 Å². The first-order chi connectivity index (χ1) is 15.7. The number of pyridine rings is 1. The summed E-state index contributed by atoms with van der Waals surface area (Å²) in [5.74, 6) is 1.43. The zero-order chi connectivity index (χ0) is 21.9. The molecule has 1 amide bonds. The lowest BCUT2D eigenvalue weighted by molar-refractivity contribution is 0.0634. The van der Waals surface area contributed by atoms with Gasteiger partial charge in [0.15, 0.2) is 0 Å². The molecule has 0 bridgehead atoms. The topological polar surface area (TPSA) is 75.4 Å². The van der Waals surface area contributed by atoms with Gasteiger partial charge in [-0.3, -0.25) is 14.7 Å². The molecule has 164 valence electrons. The predicted octanol–water partition coefficient (Wildman–Crippen LogP) is 4.05. The van der Waals surface area contributed by atoms with E-state index in [-0.39, 0.29) is 5.91 Å². The van der Waals surface area contributed by atoms with Gasteiger partial charge in [0.05, 0.1) is 21.7 Å². The van der Waals surface area contributed by atoms with Crippen molar-refractivity contribution in [2.45, 2.75) is 19.8 Å². The van der Waals surface area contributed by atoms with Crippen molar-refractivity contribution in [3.8, 4) is 10.7 Å². The van der Waals surface area contributed by atoms with Gasteiger partial charge in [0.2, 0.25) is 11.7 Å². The first-order valence-corrected chi connectivity index (χ1v) is 11.8. The highest BCUT2D eigenvalue weighted by atomic mass is 32.1. The number of hydrogen-bond acceptors (Lipinski definition) is 7. The lowest BCUT2D eigenvalue weighted by Crippen LogP contribution is -2.49. The van der Waals surface area contributed by atoms with Gasteiger partial charge < -0.3 is 9.42 Å². The van der Waals surface area contributed by atoms with E-state index < -0.39 is 0 Å². The summed E-state index contributed by atoms with van der Waals surface area (Å²) in [4.78, 5) is 27.6. The number of thiophene rings is 1. The van der Waals surface area contributed by atoms with Crippen molar-refractivity contribution in [1.29, 1.82) is 0 Å². The van der Waals surface area contributed by atoms with Gasteiger partial charge in [-0.15, -0.1) is 11.3 Å². The molecule has 7 nitrogen and oxygen atoms in total. The van der Waals surface area contributed by atoms with Crippen LogP contribution in [0.1, 0.15) is 28.4 Å². The monoisotopic (exact) mass is 447 g/mol. The Morgan fingerprint density at radius 2 is 1.94 bits per heavy atom. The number of fused-ring (bicyclic) bond motifs is 1. The molecule has 4 aromatic rings. The number of amides is 1. The van der Waals surface area contributed by atoms with Crippen LogP contribution < -0.4 is 0 Å². The van der Waals surface area contributed by atoms with Crippen molar-refractivity contribution in [3.63, 3.8) is 0 Å². The summed E-state index contributed by atoms with van der Waals surface area (Å²) in [6.45, 7) is 6.07. The Hall–Kier alpha value is -3.10. The van der Waals surface area contributed by atoms with Crippen molar-refractivity contribution >= 4 is 28.1 Å². The SMILES string of the molecule is Cc1nc2ccccc2cc1C(=O)N1CCN(CCCc2nc(-c3cccs3)no2)CC1. The maximum absolute atomic E-state index is 13.1. The van der Waals surface area contributed by atoms with E-state index in [1.807, 2.05) is 59.7 Å². The Kier molecular flexibility index (Phi) is 5.96. The van der Waals surface area contributed by atoms with Crippen molar-refractivity contribution in [2.75, 3.05) is 32.7 Å². The van der Waals surface area contributed by atoms with E-state index in [2.05, 4.69) is 20.0 Å². The molecule has 1 aromatic carbocycles. The van der Waals surface area contributed by atoms with Crippen LogP contribution in [-0.4, -0.2) is 63.6 Å². The summed E-state index contributed by atoms with van der Waals surface area (Å²) in [5, 5.41) is 7.08. The summed E-state index contributed by atoms with van der Waals surface area (Å²) in [5.41, 5.74) is 2.42. The number of aromatic nitrogens is 3. The van der Waals surface area contributed by atoms with E-state index in [9.17, 15) is 4.79 Å². The molecule has 32 heavy (non-hydrogen) atoms. The number of carbonyl (C=O) groups excluding carboxylic acids is 1. The first kappa shape index (κ1) is 20.8. The normalized spacial score (nSPS) is 14.8. The summed E-state index contributed by atoms with van der Waals surface area (Å²) < 4.78 is 5.39. The van der Waals surface area contributed by atoms with Crippen molar-refractivity contribution in [2.24, 2.45) is 0 Å². The average Bonchev–Trinajstić information content (AvgIpc) is 3.51. The Bertz CT molecular complexity index is 1210. The van der Waals surface area contributed by atoms with Gasteiger partial charge in [0, 0.05) is 38.0 Å². The molecule has 0 radical (unpaired) electrons. The molecule has 0 aliphatic carbocycles. The standard InChI is InChI=1S/C24H25N5O2S/c1-17-19(16-18-6-2-3-7-20(18)25-17)24(30)29-13-11-28(12-14-29)10-4-9-22-26-23(27-31-22)21-8-5-15-32-21/h2-3,5-8,15-16H,4,9-14H2,1H3. The largest absolute Gasteiger partial charge is 0.339 e. The van der Waals surface area contributed by atoms with Gasteiger partial charge in [-0.2, -0.15) is 4.98 Å². The Labute approximate surface area is 190 Å². The van der Waals surface area contributed by atoms with Crippen LogP contribution in [-0.2, 0) is 6.42 Å². The number of aryl methyl sites for hydroxylation is 2. The minimum absolute atomic E-state index is 0.0763. The molecule has 0 saturated carbocycles. The third kappa shape index (κ3) is 4.42. The van der Waals surface area contributed by atoms with Gasteiger partial charge >= 0.3 is 0 Å². The fourth-order valence-corrected chi connectivity index (χ4v) is 4.74. The number of carbonyl (C=O) groups is 1. The molecule has 5 rings (SSSR count). The third-order valence-corrected chi connectivity index (χ3v) is 6.74. The summed E-state index contributed by atoms with van der Waals surface area (Å²) >= 11 is 1.61. The second-order valence-corrected chi connectivity index (χ2v) is 8.99. The predicted molar refractivity (Wildman–Crippen MR) is 125 cm³/mol. The molecule has 8 heteroatoms. The average molecular weight is 448 g/mol. The minimum atomic E-state index is 0.0763. The highest BCUT2D eigenvalue weighted by Gasteiger charge is 2.24. The molecular formula is C24H25N5O2S. The molecule has 3 aromatic heterocycles. The Morgan fingerprint density at radius 1 is 1.09 bits per heavy atom. The lowest BCUT2D eigenvalue weighted by Gasteiger charge is -2.35. The van der Waals surface area contributed by atoms with Crippen molar-refractivity contribution in [1.82, 2.24) is 24.9 Å². The van der Waals surface area contributed by atoms with Crippen LogP contribution in [0.2, 0.25) is 0 Å². The molecular weight excluding hydrogens is 422 g/mol. The van der Waals surface area contributed by atoms with Gasteiger partial charge in [-0.05, 0) is 43.5 Å². The highest BCUT2D eigenvalue weighted by molar-refractivity contribution is 7.13. The van der Waals surface area contributed by atoms with Gasteiger partial charge in [0.25, 0.3) is 5.91 Å². The second-order valence-electron chi connectivity index (χ2n) is 8.04. The summed E-state index contributed by atoms with van der Waals surface area (Å²) in [6.07, 6.45) is 1.72. The van der Waals surface area contributed by atoms with Crippen molar-refractivity contribution < 1.29 is 9.32 Å². The van der Waals surface area contributed by atoms with E-state index in [0.717, 1.165) is 67.0 Å². The quantitative estimate of drug-likeness (QED) is 0.444. The van der Waals surface area contributed by atoms with Gasteiger partial charge in [0.1, 0.15) is 0 Å². The zero-order valence-corrected chi connectivity index (χ0v) is 18.8. The van der Waals surface area contributed by atoms with E-state index in [0.29, 0.717) is 17.3 Å². The number of para-hydroxylation sites is 1. The van der Waals surface area contributed by atoms with Crippen LogP contribution >= 0.6 is 11.3 Å². The van der Waals surface area contributed by atoms with E-state index in [1.165, 1.54) is 0 Å². The number of rotatable bonds is 6.